The zero-order valence-corrected chi connectivity index (χ0v) is 19.5. The molecule has 0 unspecified atom stereocenters. The molecule has 0 atom stereocenters. The van der Waals surface area contributed by atoms with E-state index in [0.717, 1.165) is 27.5 Å². The molecule has 7 heteroatoms. The molecule has 4 rings (SSSR count). The SMILES string of the molecule is CCN(CC)C(=O)c1cccc(NC(=O)c2ccc(CSc3nc4ccccc4[nH]3)cc2)c1. The summed E-state index contributed by atoms with van der Waals surface area (Å²) in [6.07, 6.45) is 0. The summed E-state index contributed by atoms with van der Waals surface area (Å²) in [4.78, 5) is 34.9. The van der Waals surface area contributed by atoms with Crippen LogP contribution in [0.3, 0.4) is 0 Å². The lowest BCUT2D eigenvalue weighted by Crippen LogP contribution is -2.30. The Morgan fingerprint density at radius 1 is 0.939 bits per heavy atom. The first kappa shape index (κ1) is 22.6. The van der Waals surface area contributed by atoms with Gasteiger partial charge in [-0.3, -0.25) is 9.59 Å². The van der Waals surface area contributed by atoms with Crippen LogP contribution in [0.1, 0.15) is 40.1 Å². The number of amides is 2. The molecule has 33 heavy (non-hydrogen) atoms. The minimum atomic E-state index is -0.209. The van der Waals surface area contributed by atoms with Crippen LogP contribution in [0.25, 0.3) is 11.0 Å². The summed E-state index contributed by atoms with van der Waals surface area (Å²) in [6.45, 7) is 5.19. The van der Waals surface area contributed by atoms with Gasteiger partial charge in [0.05, 0.1) is 11.0 Å². The number of benzene rings is 3. The van der Waals surface area contributed by atoms with Crippen LogP contribution in [-0.4, -0.2) is 39.8 Å². The standard InChI is InChI=1S/C26H26N4O2S/c1-3-30(4-2)25(32)20-8-7-9-21(16-20)27-24(31)19-14-12-18(13-15-19)17-33-26-28-22-10-5-6-11-23(22)29-26/h5-16H,3-4,17H2,1-2H3,(H,27,31)(H,28,29). The monoisotopic (exact) mass is 458 g/mol. The van der Waals surface area contributed by atoms with Crippen molar-refractivity contribution in [1.82, 2.24) is 14.9 Å². The fourth-order valence-electron chi connectivity index (χ4n) is 3.53. The first-order valence-electron chi connectivity index (χ1n) is 10.9. The number of para-hydroxylation sites is 2. The Kier molecular flexibility index (Phi) is 7.10. The van der Waals surface area contributed by atoms with Gasteiger partial charge in [0.2, 0.25) is 0 Å². The first-order chi connectivity index (χ1) is 16.1. The van der Waals surface area contributed by atoms with E-state index in [2.05, 4.69) is 15.3 Å². The van der Waals surface area contributed by atoms with E-state index in [1.54, 1.807) is 40.9 Å². The topological polar surface area (TPSA) is 78.1 Å². The van der Waals surface area contributed by atoms with Crippen LogP contribution in [0.2, 0.25) is 0 Å². The minimum absolute atomic E-state index is 0.0394. The third kappa shape index (κ3) is 5.43. The van der Waals surface area contributed by atoms with Crippen LogP contribution in [0.15, 0.2) is 78.0 Å². The van der Waals surface area contributed by atoms with Crippen LogP contribution in [0.4, 0.5) is 5.69 Å². The molecule has 0 fully saturated rings. The maximum atomic E-state index is 12.7. The highest BCUT2D eigenvalue weighted by molar-refractivity contribution is 7.98. The Hall–Kier alpha value is -3.58. The number of anilines is 1. The van der Waals surface area contributed by atoms with Gasteiger partial charge >= 0.3 is 0 Å². The highest BCUT2D eigenvalue weighted by Crippen LogP contribution is 2.23. The van der Waals surface area contributed by atoms with E-state index in [1.807, 2.05) is 62.4 Å². The summed E-state index contributed by atoms with van der Waals surface area (Å²) in [5.41, 5.74) is 4.80. The van der Waals surface area contributed by atoms with Crippen molar-refractivity contribution in [2.75, 3.05) is 18.4 Å². The van der Waals surface area contributed by atoms with Crippen molar-refractivity contribution in [2.45, 2.75) is 24.8 Å². The number of H-pyrrole nitrogens is 1. The molecule has 0 bridgehead atoms. The van der Waals surface area contributed by atoms with Crippen molar-refractivity contribution in [2.24, 2.45) is 0 Å². The smallest absolute Gasteiger partial charge is 0.255 e. The van der Waals surface area contributed by atoms with E-state index in [1.165, 1.54) is 0 Å². The second kappa shape index (κ2) is 10.4. The largest absolute Gasteiger partial charge is 0.339 e. The van der Waals surface area contributed by atoms with Crippen LogP contribution >= 0.6 is 11.8 Å². The molecule has 168 valence electrons. The zero-order chi connectivity index (χ0) is 23.2. The second-order valence-corrected chi connectivity index (χ2v) is 8.52. The number of nitrogens with zero attached hydrogens (tertiary/aromatic N) is 2. The lowest BCUT2D eigenvalue weighted by atomic mass is 10.1. The van der Waals surface area contributed by atoms with Gasteiger partial charge in [0.1, 0.15) is 0 Å². The van der Waals surface area contributed by atoms with Gasteiger partial charge in [-0.05, 0) is 61.9 Å². The molecule has 3 aromatic carbocycles. The van der Waals surface area contributed by atoms with Crippen LogP contribution < -0.4 is 5.32 Å². The number of thioether (sulfide) groups is 1. The van der Waals surface area contributed by atoms with Gasteiger partial charge in [0, 0.05) is 35.7 Å². The summed E-state index contributed by atoms with van der Waals surface area (Å²) >= 11 is 1.62. The van der Waals surface area contributed by atoms with Gasteiger partial charge < -0.3 is 15.2 Å². The summed E-state index contributed by atoms with van der Waals surface area (Å²) in [6, 6.07) is 22.5. The van der Waals surface area contributed by atoms with E-state index in [0.29, 0.717) is 29.9 Å². The van der Waals surface area contributed by atoms with Crippen LogP contribution in [-0.2, 0) is 5.75 Å². The molecule has 6 nitrogen and oxygen atoms in total. The van der Waals surface area contributed by atoms with Gasteiger partial charge in [-0.1, -0.05) is 42.1 Å². The van der Waals surface area contributed by atoms with E-state index in [-0.39, 0.29) is 11.8 Å². The Morgan fingerprint density at radius 3 is 2.42 bits per heavy atom. The molecule has 0 saturated heterocycles. The number of hydrogen-bond acceptors (Lipinski definition) is 4. The highest BCUT2D eigenvalue weighted by Gasteiger charge is 2.14. The number of carbonyl (C=O) groups excluding carboxylic acids is 2. The van der Waals surface area contributed by atoms with Gasteiger partial charge in [-0.25, -0.2) is 4.98 Å². The summed E-state index contributed by atoms with van der Waals surface area (Å²) in [5, 5.41) is 3.76. The number of imidazole rings is 1. The number of hydrogen-bond donors (Lipinski definition) is 2. The molecule has 2 amide bonds. The van der Waals surface area contributed by atoms with Crippen molar-refractivity contribution in [1.29, 1.82) is 0 Å². The van der Waals surface area contributed by atoms with E-state index >= 15 is 0 Å². The maximum absolute atomic E-state index is 12.7. The Bertz CT molecular complexity index is 1230. The molecular formula is C26H26N4O2S. The molecule has 0 aliphatic rings. The average molecular weight is 459 g/mol. The van der Waals surface area contributed by atoms with Gasteiger partial charge in [-0.2, -0.15) is 0 Å². The number of fused-ring (bicyclic) bond motifs is 1. The lowest BCUT2D eigenvalue weighted by Gasteiger charge is -2.19. The molecule has 0 aliphatic heterocycles. The fourth-order valence-corrected chi connectivity index (χ4v) is 4.37. The third-order valence-electron chi connectivity index (χ3n) is 5.38. The number of aromatic nitrogens is 2. The molecule has 2 N–H and O–H groups in total. The quantitative estimate of drug-likeness (QED) is 0.338. The second-order valence-electron chi connectivity index (χ2n) is 7.56. The lowest BCUT2D eigenvalue weighted by molar-refractivity contribution is 0.0772. The molecule has 0 radical (unpaired) electrons. The van der Waals surface area contributed by atoms with Gasteiger partial charge in [0.25, 0.3) is 11.8 Å². The van der Waals surface area contributed by atoms with Crippen LogP contribution in [0.5, 0.6) is 0 Å². The molecule has 0 aliphatic carbocycles. The van der Waals surface area contributed by atoms with E-state index in [9.17, 15) is 9.59 Å². The minimum Gasteiger partial charge on any atom is -0.339 e. The summed E-state index contributed by atoms with van der Waals surface area (Å²) in [7, 11) is 0. The van der Waals surface area contributed by atoms with Crippen LogP contribution in [0, 0.1) is 0 Å². The first-order valence-corrected chi connectivity index (χ1v) is 11.9. The Labute approximate surface area is 197 Å². The summed E-state index contributed by atoms with van der Waals surface area (Å²) < 4.78 is 0. The number of rotatable bonds is 8. The van der Waals surface area contributed by atoms with Crippen molar-refractivity contribution < 1.29 is 9.59 Å². The molecule has 1 heterocycles. The number of carbonyl (C=O) groups is 2. The van der Waals surface area contributed by atoms with Crippen molar-refractivity contribution >= 4 is 40.3 Å². The molecule has 4 aromatic rings. The fraction of sp³-hybridized carbons (Fsp3) is 0.192. The van der Waals surface area contributed by atoms with Crippen molar-refractivity contribution in [3.63, 3.8) is 0 Å². The molecule has 0 saturated carbocycles. The summed E-state index contributed by atoms with van der Waals surface area (Å²) in [5.74, 6) is 0.498. The number of aromatic amines is 1. The Morgan fingerprint density at radius 2 is 1.70 bits per heavy atom. The number of nitrogens with one attached hydrogen (secondary N) is 2. The normalized spacial score (nSPS) is 10.8. The maximum Gasteiger partial charge on any atom is 0.255 e. The Balaban J connectivity index is 1.37. The molecule has 0 spiro atoms. The molecular weight excluding hydrogens is 432 g/mol. The van der Waals surface area contributed by atoms with Gasteiger partial charge in [-0.15, -0.1) is 0 Å². The zero-order valence-electron chi connectivity index (χ0n) is 18.7. The third-order valence-corrected chi connectivity index (χ3v) is 6.32. The predicted octanol–water partition coefficient (Wildman–Crippen LogP) is 5.59. The predicted molar refractivity (Wildman–Crippen MR) is 134 cm³/mol. The molecule has 1 aromatic heterocycles. The average Bonchev–Trinajstić information content (AvgIpc) is 3.27. The van der Waals surface area contributed by atoms with E-state index in [4.69, 9.17) is 0 Å². The highest BCUT2D eigenvalue weighted by atomic mass is 32.2. The van der Waals surface area contributed by atoms with Crippen molar-refractivity contribution in [3.8, 4) is 0 Å². The van der Waals surface area contributed by atoms with Crippen molar-refractivity contribution in [3.05, 3.63) is 89.5 Å². The van der Waals surface area contributed by atoms with Gasteiger partial charge in [0.15, 0.2) is 5.16 Å². The van der Waals surface area contributed by atoms with E-state index < -0.39 is 0 Å².